The van der Waals surface area contributed by atoms with Crippen molar-refractivity contribution in [2.24, 2.45) is 10.7 Å². The summed E-state index contributed by atoms with van der Waals surface area (Å²) in [6.45, 7) is 0. The number of nitrogens with zero attached hydrogens (tertiary/aromatic N) is 1. The third-order valence-electron chi connectivity index (χ3n) is 1.18. The van der Waals surface area contributed by atoms with Crippen molar-refractivity contribution in [3.8, 4) is 0 Å². The van der Waals surface area contributed by atoms with E-state index in [2.05, 4.69) is 10.3 Å². The average Bonchev–Trinajstić information content (AvgIpc) is 1.89. The summed E-state index contributed by atoms with van der Waals surface area (Å²) in [7, 11) is -1.70. The van der Waals surface area contributed by atoms with Gasteiger partial charge in [-0.1, -0.05) is 0 Å². The molecule has 0 saturated carbocycles. The van der Waals surface area contributed by atoms with E-state index in [1.165, 1.54) is 12.4 Å². The van der Waals surface area contributed by atoms with Gasteiger partial charge in [-0.2, -0.15) is 0 Å². The molecule has 0 aromatic carbocycles. The summed E-state index contributed by atoms with van der Waals surface area (Å²) in [6, 6.07) is 0. The van der Waals surface area contributed by atoms with Crippen LogP contribution in [0, 0.1) is 0 Å². The zero-order chi connectivity index (χ0) is 7.61. The third kappa shape index (κ3) is 1.18. The Labute approximate surface area is 58.4 Å². The minimum atomic E-state index is -1.70. The second-order valence-electron chi connectivity index (χ2n) is 1.98. The molecule has 1 rings (SSSR count). The first-order chi connectivity index (χ1) is 4.65. The molecule has 5 nitrogen and oxygen atoms in total. The molecule has 0 aliphatic carbocycles. The van der Waals surface area contributed by atoms with Gasteiger partial charge < -0.3 is 15.4 Å². The van der Waals surface area contributed by atoms with Crippen LogP contribution in [0.3, 0.4) is 0 Å². The number of hydrogen-bond acceptors (Lipinski definition) is 5. The molecule has 0 saturated heterocycles. The van der Waals surface area contributed by atoms with Crippen LogP contribution in [0.25, 0.3) is 0 Å². The molecule has 6 heteroatoms. The van der Waals surface area contributed by atoms with Crippen LogP contribution in [-0.2, 0) is 0 Å². The van der Waals surface area contributed by atoms with Gasteiger partial charge in [-0.25, -0.2) is 0 Å². The Morgan fingerprint density at radius 2 is 2.30 bits per heavy atom. The van der Waals surface area contributed by atoms with E-state index in [0.29, 0.717) is 0 Å². The average molecular weight is 141 g/mol. The molecular weight excluding hydrogens is 133 g/mol. The van der Waals surface area contributed by atoms with Crippen molar-refractivity contribution in [2.75, 3.05) is 0 Å². The molecule has 1 unspecified atom stereocenters. The predicted octanol–water partition coefficient (Wildman–Crippen LogP) is -2.20. The first-order valence-corrected chi connectivity index (χ1v) is 2.78. The maximum absolute atomic E-state index is 8.66. The molecule has 1 aliphatic heterocycles. The largest absolute Gasteiger partial charge is 0.519 e. The number of nitrogens with one attached hydrogen (secondary N) is 1. The summed E-state index contributed by atoms with van der Waals surface area (Å²) in [5.41, 5.74) is 3.86. The van der Waals surface area contributed by atoms with Gasteiger partial charge in [0.2, 0.25) is 5.69 Å². The van der Waals surface area contributed by atoms with E-state index < -0.39 is 12.8 Å². The van der Waals surface area contributed by atoms with E-state index in [9.17, 15) is 0 Å². The Morgan fingerprint density at radius 1 is 1.60 bits per heavy atom. The summed E-state index contributed by atoms with van der Waals surface area (Å²) < 4.78 is 0. The van der Waals surface area contributed by atoms with Crippen molar-refractivity contribution in [1.29, 1.82) is 0 Å². The van der Waals surface area contributed by atoms with E-state index in [-0.39, 0.29) is 0 Å². The lowest BCUT2D eigenvalue weighted by Crippen LogP contribution is -2.62. The van der Waals surface area contributed by atoms with Gasteiger partial charge >= 0.3 is 7.12 Å². The molecule has 1 atom stereocenters. The van der Waals surface area contributed by atoms with Gasteiger partial charge in [0.05, 0.1) is 0 Å². The number of hydrogen-bond donors (Lipinski definition) is 4. The number of rotatable bonds is 1. The first-order valence-electron chi connectivity index (χ1n) is 2.78. The molecule has 10 heavy (non-hydrogen) atoms. The van der Waals surface area contributed by atoms with Crippen LogP contribution in [-0.4, -0.2) is 29.1 Å². The molecule has 0 aromatic heterocycles. The molecule has 0 radical (unpaired) electrons. The lowest BCUT2D eigenvalue weighted by molar-refractivity contribution is 0.328. The Kier molecular flexibility index (Phi) is 1.75. The Balaban J connectivity index is 2.70. The molecule has 0 aromatic rings. The standard InChI is InChI=1S/C4H8BN3O2/c6-4(5(9)10)7-2-1-3-8-4/h1-3,7,9-10H,6H2. The van der Waals surface area contributed by atoms with Crippen molar-refractivity contribution in [1.82, 2.24) is 5.32 Å². The molecule has 54 valence electrons. The van der Waals surface area contributed by atoms with Crippen LogP contribution in [0.1, 0.15) is 0 Å². The lowest BCUT2D eigenvalue weighted by Gasteiger charge is -2.25. The summed E-state index contributed by atoms with van der Waals surface area (Å²) in [5.74, 6) is 0. The molecule has 0 bridgehead atoms. The topological polar surface area (TPSA) is 90.9 Å². The SMILES string of the molecule is NC1(B(O)O)N=CC=CN1. The van der Waals surface area contributed by atoms with E-state index >= 15 is 0 Å². The summed E-state index contributed by atoms with van der Waals surface area (Å²) >= 11 is 0. The highest BCUT2D eigenvalue weighted by atomic mass is 16.4. The summed E-state index contributed by atoms with van der Waals surface area (Å²) in [4.78, 5) is 3.62. The lowest BCUT2D eigenvalue weighted by atomic mass is 9.80. The first kappa shape index (κ1) is 7.26. The number of aliphatic imine (C=N–C) groups is 1. The van der Waals surface area contributed by atoms with Gasteiger partial charge in [-0.05, 0) is 6.08 Å². The molecule has 1 heterocycles. The molecule has 0 amide bonds. The van der Waals surface area contributed by atoms with E-state index in [1.807, 2.05) is 0 Å². The molecule has 0 spiro atoms. The Hall–Kier alpha value is -0.845. The second kappa shape index (κ2) is 2.41. The fourth-order valence-electron chi connectivity index (χ4n) is 0.569. The zero-order valence-electron chi connectivity index (χ0n) is 5.23. The van der Waals surface area contributed by atoms with Crippen LogP contribution in [0.15, 0.2) is 17.3 Å². The molecule has 1 aliphatic rings. The van der Waals surface area contributed by atoms with Crippen LogP contribution < -0.4 is 11.1 Å². The maximum Gasteiger partial charge on any atom is 0.519 e. The predicted molar refractivity (Wildman–Crippen MR) is 37.9 cm³/mol. The van der Waals surface area contributed by atoms with Gasteiger partial charge in [-0.3, -0.25) is 10.7 Å². The van der Waals surface area contributed by atoms with Crippen molar-refractivity contribution in [3.05, 3.63) is 12.3 Å². The van der Waals surface area contributed by atoms with Crippen LogP contribution in [0.4, 0.5) is 0 Å². The molecular formula is C4H8BN3O2. The quantitative estimate of drug-likeness (QED) is 0.312. The maximum atomic E-state index is 8.66. The van der Waals surface area contributed by atoms with Crippen molar-refractivity contribution >= 4 is 13.3 Å². The van der Waals surface area contributed by atoms with Gasteiger partial charge in [0, 0.05) is 12.4 Å². The third-order valence-corrected chi connectivity index (χ3v) is 1.18. The normalized spacial score (nSPS) is 29.9. The van der Waals surface area contributed by atoms with Gasteiger partial charge in [0.15, 0.2) is 0 Å². The van der Waals surface area contributed by atoms with Gasteiger partial charge in [0.1, 0.15) is 0 Å². The van der Waals surface area contributed by atoms with E-state index in [4.69, 9.17) is 15.8 Å². The van der Waals surface area contributed by atoms with E-state index in [0.717, 1.165) is 0 Å². The molecule has 5 N–H and O–H groups in total. The van der Waals surface area contributed by atoms with Crippen LogP contribution >= 0.6 is 0 Å². The minimum absolute atomic E-state index is 1.40. The van der Waals surface area contributed by atoms with E-state index in [1.54, 1.807) is 6.08 Å². The zero-order valence-corrected chi connectivity index (χ0v) is 5.23. The number of nitrogens with two attached hydrogens (primary N) is 1. The summed E-state index contributed by atoms with van der Waals surface area (Å²) in [6.07, 6.45) is 4.50. The van der Waals surface area contributed by atoms with Gasteiger partial charge in [0.25, 0.3) is 0 Å². The Morgan fingerprint density at radius 3 is 2.60 bits per heavy atom. The van der Waals surface area contributed by atoms with Crippen molar-refractivity contribution < 1.29 is 10.0 Å². The van der Waals surface area contributed by atoms with Crippen LogP contribution in [0.2, 0.25) is 0 Å². The monoisotopic (exact) mass is 141 g/mol. The van der Waals surface area contributed by atoms with Crippen molar-refractivity contribution in [2.45, 2.75) is 5.69 Å². The fraction of sp³-hybridized carbons (Fsp3) is 0.250. The van der Waals surface area contributed by atoms with Gasteiger partial charge in [-0.15, -0.1) is 0 Å². The number of allylic oxidation sites excluding steroid dienone is 1. The highest BCUT2D eigenvalue weighted by Gasteiger charge is 2.37. The highest BCUT2D eigenvalue weighted by Crippen LogP contribution is 2.01. The molecule has 0 fully saturated rings. The fourth-order valence-corrected chi connectivity index (χ4v) is 0.569. The second-order valence-corrected chi connectivity index (χ2v) is 1.98. The summed E-state index contributed by atoms with van der Waals surface area (Å²) in [5, 5.41) is 19.8. The minimum Gasteiger partial charge on any atom is -0.423 e. The van der Waals surface area contributed by atoms with Crippen molar-refractivity contribution in [3.63, 3.8) is 0 Å². The smallest absolute Gasteiger partial charge is 0.423 e. The Bertz CT molecular complexity index is 181. The van der Waals surface area contributed by atoms with Crippen LogP contribution in [0.5, 0.6) is 0 Å². The highest BCUT2D eigenvalue weighted by molar-refractivity contribution is 6.45.